The monoisotopic (exact) mass is 378 g/mol. The summed E-state index contributed by atoms with van der Waals surface area (Å²) in [5.74, 6) is 0. The lowest BCUT2D eigenvalue weighted by atomic mass is 9.79. The molecule has 0 aliphatic heterocycles. The van der Waals surface area contributed by atoms with Crippen LogP contribution in [0.3, 0.4) is 0 Å². The number of alkyl halides is 12. The van der Waals surface area contributed by atoms with Crippen LogP contribution in [0.4, 0.5) is 52.7 Å². The van der Waals surface area contributed by atoms with Crippen LogP contribution in [0.15, 0.2) is 18.2 Å². The average molecular weight is 378 g/mol. The molecular weight excluding hydrogens is 372 g/mol. The Morgan fingerprint density at radius 1 is 0.500 bits per heavy atom. The predicted molar refractivity (Wildman–Crippen MR) is 55.9 cm³/mol. The van der Waals surface area contributed by atoms with Crippen molar-refractivity contribution in [2.45, 2.75) is 37.0 Å². The molecule has 1 rings (SSSR count). The summed E-state index contributed by atoms with van der Waals surface area (Å²) in [5, 5.41) is 0. The number of benzene rings is 1. The van der Waals surface area contributed by atoms with Crippen LogP contribution < -0.4 is 0 Å². The normalized spacial score (nSPS) is 14.9. The fourth-order valence-electron chi connectivity index (χ4n) is 1.73. The van der Waals surface area contributed by atoms with E-state index in [1.54, 1.807) is 0 Å². The Morgan fingerprint density at radius 3 is 0.958 bits per heavy atom. The smallest absolute Gasteiger partial charge is 0.170 e. The fraction of sp³-hybridized carbons (Fsp3) is 0.500. The molecule has 0 saturated carbocycles. The second-order valence-corrected chi connectivity index (χ2v) is 4.92. The first-order valence-electron chi connectivity index (χ1n) is 5.75. The van der Waals surface area contributed by atoms with Gasteiger partial charge < -0.3 is 0 Å². The van der Waals surface area contributed by atoms with E-state index in [1.165, 1.54) is 0 Å². The summed E-state index contributed by atoms with van der Waals surface area (Å²) in [5.41, 5.74) is -11.7. The summed E-state index contributed by atoms with van der Waals surface area (Å²) in [6.07, 6.45) is -23.5. The van der Waals surface area contributed by atoms with Crippen LogP contribution in [0.25, 0.3) is 0 Å². The summed E-state index contributed by atoms with van der Waals surface area (Å²) in [7, 11) is 0. The van der Waals surface area contributed by atoms with E-state index < -0.39 is 71.9 Å². The molecule has 0 unspecified atom stereocenters. The van der Waals surface area contributed by atoms with Gasteiger partial charge in [0.2, 0.25) is 0 Å². The highest BCUT2D eigenvalue weighted by molar-refractivity contribution is 5.39. The zero-order chi connectivity index (χ0) is 19.4. The second kappa shape index (κ2) is 5.45. The molecule has 0 saturated heterocycles. The molecule has 12 heteroatoms. The van der Waals surface area contributed by atoms with Crippen molar-refractivity contribution in [2.75, 3.05) is 0 Å². The topological polar surface area (TPSA) is 0 Å². The first-order valence-corrected chi connectivity index (χ1v) is 5.75. The van der Waals surface area contributed by atoms with Crippen molar-refractivity contribution < 1.29 is 52.7 Å². The molecule has 24 heavy (non-hydrogen) atoms. The maximum absolute atomic E-state index is 12.9. The van der Waals surface area contributed by atoms with E-state index in [0.717, 1.165) is 0 Å². The van der Waals surface area contributed by atoms with Gasteiger partial charge in [-0.1, -0.05) is 0 Å². The summed E-state index contributed by atoms with van der Waals surface area (Å²) in [6.45, 7) is -0.525. The summed E-state index contributed by atoms with van der Waals surface area (Å²) in [6, 6.07) is -1.73. The van der Waals surface area contributed by atoms with Crippen molar-refractivity contribution in [1.29, 1.82) is 0 Å². The predicted octanol–water partition coefficient (Wildman–Crippen LogP) is 6.11. The average Bonchev–Trinajstić information content (AvgIpc) is 2.32. The van der Waals surface area contributed by atoms with E-state index >= 15 is 0 Å². The Kier molecular flexibility index (Phi) is 4.63. The van der Waals surface area contributed by atoms with E-state index in [0.29, 0.717) is 0 Å². The molecule has 1 aromatic rings. The lowest BCUT2D eigenvalue weighted by Gasteiger charge is -2.35. The highest BCUT2D eigenvalue weighted by Gasteiger charge is 2.68. The molecule has 1 aromatic carbocycles. The summed E-state index contributed by atoms with van der Waals surface area (Å²) < 4.78 is 153. The first-order chi connectivity index (χ1) is 10.3. The van der Waals surface area contributed by atoms with Gasteiger partial charge >= 0.3 is 24.7 Å². The number of halogens is 12. The highest BCUT2D eigenvalue weighted by Crippen LogP contribution is 2.53. The number of rotatable bonds is 1. The van der Waals surface area contributed by atoms with Crippen molar-refractivity contribution in [3.05, 3.63) is 34.9 Å². The minimum Gasteiger partial charge on any atom is -0.170 e. The van der Waals surface area contributed by atoms with Crippen LogP contribution >= 0.6 is 0 Å². The Bertz CT molecular complexity index is 552. The minimum atomic E-state index is -6.18. The molecule has 0 aliphatic carbocycles. The van der Waals surface area contributed by atoms with Crippen molar-refractivity contribution >= 4 is 0 Å². The Morgan fingerprint density at radius 2 is 0.750 bits per heavy atom. The van der Waals surface area contributed by atoms with Crippen LogP contribution in [-0.2, 0) is 17.8 Å². The maximum Gasteiger partial charge on any atom is 0.416 e. The van der Waals surface area contributed by atoms with Crippen LogP contribution in [0.2, 0.25) is 0 Å². The molecule has 0 fully saturated rings. The molecule has 0 bridgehead atoms. The summed E-state index contributed by atoms with van der Waals surface area (Å²) in [4.78, 5) is 0. The first kappa shape index (κ1) is 20.4. The third-order valence-corrected chi connectivity index (χ3v) is 3.30. The van der Waals surface area contributed by atoms with Gasteiger partial charge in [-0.05, 0) is 30.7 Å². The molecule has 138 valence electrons. The van der Waals surface area contributed by atoms with Crippen LogP contribution in [-0.4, -0.2) is 12.4 Å². The molecule has 0 nitrogen and oxygen atoms in total. The standard InChI is InChI=1S/C12H6F12/c1-8(11(19,20)21,12(22,23)24)5-2-6(9(13,14)15)4-7(3-5)10(16,17)18/h2-4H,1H3. The summed E-state index contributed by atoms with van der Waals surface area (Å²) >= 11 is 0. The zero-order valence-corrected chi connectivity index (χ0v) is 11.3. The van der Waals surface area contributed by atoms with Gasteiger partial charge in [0.05, 0.1) is 11.1 Å². The maximum atomic E-state index is 12.9. The van der Waals surface area contributed by atoms with Gasteiger partial charge in [0.25, 0.3) is 0 Å². The van der Waals surface area contributed by atoms with E-state index in [-0.39, 0.29) is 0 Å². The highest BCUT2D eigenvalue weighted by atomic mass is 19.4. The second-order valence-electron chi connectivity index (χ2n) is 4.92. The molecule has 0 heterocycles. The van der Waals surface area contributed by atoms with Crippen molar-refractivity contribution in [3.8, 4) is 0 Å². The Labute approximate surface area is 126 Å². The molecule has 0 N–H and O–H groups in total. The van der Waals surface area contributed by atoms with E-state index in [9.17, 15) is 52.7 Å². The van der Waals surface area contributed by atoms with Crippen LogP contribution in [0.5, 0.6) is 0 Å². The van der Waals surface area contributed by atoms with Crippen molar-refractivity contribution in [3.63, 3.8) is 0 Å². The molecule has 0 radical (unpaired) electrons. The van der Waals surface area contributed by atoms with Gasteiger partial charge in [0.1, 0.15) is 0 Å². The van der Waals surface area contributed by atoms with Gasteiger partial charge in [-0.3, -0.25) is 0 Å². The molecule has 0 atom stereocenters. The molecule has 0 spiro atoms. The largest absolute Gasteiger partial charge is 0.416 e. The fourth-order valence-corrected chi connectivity index (χ4v) is 1.73. The van der Waals surface area contributed by atoms with Gasteiger partial charge in [-0.25, -0.2) is 0 Å². The molecule has 0 aromatic heterocycles. The number of hydrogen-bond acceptors (Lipinski definition) is 0. The van der Waals surface area contributed by atoms with Gasteiger partial charge in [-0.15, -0.1) is 0 Å². The lowest BCUT2D eigenvalue weighted by Crippen LogP contribution is -2.51. The molecule has 0 amide bonds. The third kappa shape index (κ3) is 3.56. The van der Waals surface area contributed by atoms with Crippen molar-refractivity contribution in [1.82, 2.24) is 0 Å². The zero-order valence-electron chi connectivity index (χ0n) is 11.3. The van der Waals surface area contributed by atoms with E-state index in [4.69, 9.17) is 0 Å². The Balaban J connectivity index is 3.86. The van der Waals surface area contributed by atoms with Crippen LogP contribution in [0, 0.1) is 0 Å². The SMILES string of the molecule is CC(c1cc(C(F)(F)F)cc(C(F)(F)F)c1)(C(F)(F)F)C(F)(F)F. The lowest BCUT2D eigenvalue weighted by molar-refractivity contribution is -0.297. The van der Waals surface area contributed by atoms with Gasteiger partial charge in [-0.2, -0.15) is 52.7 Å². The van der Waals surface area contributed by atoms with Crippen molar-refractivity contribution in [2.24, 2.45) is 0 Å². The van der Waals surface area contributed by atoms with E-state index in [1.807, 2.05) is 0 Å². The molecule has 0 aliphatic rings. The van der Waals surface area contributed by atoms with E-state index in [2.05, 4.69) is 0 Å². The third-order valence-electron chi connectivity index (χ3n) is 3.30. The van der Waals surface area contributed by atoms with Crippen LogP contribution in [0.1, 0.15) is 23.6 Å². The quantitative estimate of drug-likeness (QED) is 0.518. The molecular formula is C12H6F12. The van der Waals surface area contributed by atoms with Gasteiger partial charge in [0, 0.05) is 0 Å². The Hall–Kier alpha value is -1.62. The number of hydrogen-bond donors (Lipinski definition) is 0. The van der Waals surface area contributed by atoms with Gasteiger partial charge in [0.15, 0.2) is 5.41 Å². The minimum absolute atomic E-state index is 0.525.